The Balaban J connectivity index is 1.91. The summed E-state index contributed by atoms with van der Waals surface area (Å²) in [5.41, 5.74) is 2.40. The Morgan fingerprint density at radius 1 is 1.05 bits per heavy atom. The molecule has 0 unspecified atom stereocenters. The van der Waals surface area contributed by atoms with E-state index in [1.807, 2.05) is 10.9 Å². The SMILES string of the molecule is CC(C)(CNCc1cn(C(C)(C)C)nn1)c1ccccc1. The standard InChI is InChI=1S/C17H26N4/c1-16(2,3)21-12-15(19-20-21)11-18-13-17(4,5)14-9-7-6-8-10-14/h6-10,12,18H,11,13H2,1-5H3. The largest absolute Gasteiger partial charge is 0.310 e. The summed E-state index contributed by atoms with van der Waals surface area (Å²) in [5, 5.41) is 11.9. The molecular formula is C17H26N4. The summed E-state index contributed by atoms with van der Waals surface area (Å²) in [5.74, 6) is 0. The minimum Gasteiger partial charge on any atom is -0.310 e. The highest BCUT2D eigenvalue weighted by molar-refractivity contribution is 5.23. The molecule has 1 heterocycles. The second-order valence-corrected chi connectivity index (χ2v) is 7.18. The molecule has 114 valence electrons. The number of benzene rings is 1. The lowest BCUT2D eigenvalue weighted by Crippen LogP contribution is -2.32. The van der Waals surface area contributed by atoms with Crippen LogP contribution in [0.15, 0.2) is 36.5 Å². The van der Waals surface area contributed by atoms with Crippen LogP contribution in [0, 0.1) is 0 Å². The van der Waals surface area contributed by atoms with E-state index in [0.29, 0.717) is 0 Å². The molecule has 0 spiro atoms. The van der Waals surface area contributed by atoms with Crippen molar-refractivity contribution in [1.82, 2.24) is 20.3 Å². The number of hydrogen-bond acceptors (Lipinski definition) is 3. The Morgan fingerprint density at radius 2 is 1.71 bits per heavy atom. The van der Waals surface area contributed by atoms with Crippen molar-refractivity contribution in [2.45, 2.75) is 52.1 Å². The highest BCUT2D eigenvalue weighted by Crippen LogP contribution is 2.21. The van der Waals surface area contributed by atoms with Crippen LogP contribution in [0.4, 0.5) is 0 Å². The molecule has 0 aliphatic heterocycles. The number of rotatable bonds is 5. The molecule has 0 amide bonds. The van der Waals surface area contributed by atoms with Crippen LogP contribution in [0.3, 0.4) is 0 Å². The van der Waals surface area contributed by atoms with Gasteiger partial charge in [0.15, 0.2) is 0 Å². The van der Waals surface area contributed by atoms with E-state index in [0.717, 1.165) is 18.8 Å². The number of nitrogens with zero attached hydrogens (tertiary/aromatic N) is 3. The normalized spacial score (nSPS) is 12.6. The first-order chi connectivity index (χ1) is 9.79. The zero-order valence-electron chi connectivity index (χ0n) is 13.7. The van der Waals surface area contributed by atoms with Gasteiger partial charge in [0.05, 0.1) is 17.4 Å². The Hall–Kier alpha value is -1.68. The van der Waals surface area contributed by atoms with Gasteiger partial charge in [-0.1, -0.05) is 49.4 Å². The zero-order valence-corrected chi connectivity index (χ0v) is 13.7. The van der Waals surface area contributed by atoms with Gasteiger partial charge in [-0.3, -0.25) is 0 Å². The molecule has 0 radical (unpaired) electrons. The third-order valence-corrected chi connectivity index (χ3v) is 3.66. The van der Waals surface area contributed by atoms with Crippen molar-refractivity contribution in [3.05, 3.63) is 47.8 Å². The van der Waals surface area contributed by atoms with Crippen molar-refractivity contribution in [1.29, 1.82) is 0 Å². The zero-order chi connectivity index (χ0) is 15.5. The van der Waals surface area contributed by atoms with E-state index in [1.165, 1.54) is 5.56 Å². The highest BCUT2D eigenvalue weighted by atomic mass is 15.4. The topological polar surface area (TPSA) is 42.7 Å². The third-order valence-electron chi connectivity index (χ3n) is 3.66. The van der Waals surface area contributed by atoms with Crippen LogP contribution in [-0.2, 0) is 17.5 Å². The van der Waals surface area contributed by atoms with Crippen LogP contribution < -0.4 is 5.32 Å². The summed E-state index contributed by atoms with van der Waals surface area (Å²) in [7, 11) is 0. The van der Waals surface area contributed by atoms with Crippen LogP contribution in [0.2, 0.25) is 0 Å². The summed E-state index contributed by atoms with van der Waals surface area (Å²) in [6.45, 7) is 12.5. The molecule has 0 saturated carbocycles. The van der Waals surface area contributed by atoms with Gasteiger partial charge < -0.3 is 5.32 Å². The van der Waals surface area contributed by atoms with Gasteiger partial charge in [-0.05, 0) is 26.3 Å². The first kappa shape index (κ1) is 15.7. The summed E-state index contributed by atoms with van der Waals surface area (Å²) >= 11 is 0. The third kappa shape index (κ3) is 4.14. The molecule has 0 fully saturated rings. The predicted molar refractivity (Wildman–Crippen MR) is 86.2 cm³/mol. The van der Waals surface area contributed by atoms with Crippen LogP contribution in [0.5, 0.6) is 0 Å². The van der Waals surface area contributed by atoms with E-state index in [9.17, 15) is 0 Å². The van der Waals surface area contributed by atoms with E-state index in [1.54, 1.807) is 0 Å². The van der Waals surface area contributed by atoms with Gasteiger partial charge in [0.1, 0.15) is 0 Å². The maximum atomic E-state index is 4.23. The molecule has 21 heavy (non-hydrogen) atoms. The molecule has 1 N–H and O–H groups in total. The van der Waals surface area contributed by atoms with Gasteiger partial charge in [-0.15, -0.1) is 5.10 Å². The van der Waals surface area contributed by atoms with Crippen LogP contribution in [0.25, 0.3) is 0 Å². The second kappa shape index (κ2) is 5.98. The first-order valence-electron chi connectivity index (χ1n) is 7.47. The Morgan fingerprint density at radius 3 is 2.29 bits per heavy atom. The second-order valence-electron chi connectivity index (χ2n) is 7.18. The monoisotopic (exact) mass is 286 g/mol. The fraction of sp³-hybridized carbons (Fsp3) is 0.529. The lowest BCUT2D eigenvalue weighted by atomic mass is 9.84. The maximum Gasteiger partial charge on any atom is 0.0965 e. The average Bonchev–Trinajstić information content (AvgIpc) is 2.88. The van der Waals surface area contributed by atoms with Crippen LogP contribution >= 0.6 is 0 Å². The lowest BCUT2D eigenvalue weighted by Gasteiger charge is -2.25. The van der Waals surface area contributed by atoms with Gasteiger partial charge >= 0.3 is 0 Å². The molecule has 2 aromatic rings. The first-order valence-corrected chi connectivity index (χ1v) is 7.47. The van der Waals surface area contributed by atoms with Crippen molar-refractivity contribution in [3.8, 4) is 0 Å². The molecule has 1 aromatic carbocycles. The molecular weight excluding hydrogens is 260 g/mol. The van der Waals surface area contributed by atoms with Gasteiger partial charge in [0.2, 0.25) is 0 Å². The molecule has 0 atom stereocenters. The Bertz CT molecular complexity index is 564. The molecule has 0 aliphatic carbocycles. The van der Waals surface area contributed by atoms with E-state index in [-0.39, 0.29) is 11.0 Å². The molecule has 0 bridgehead atoms. The molecule has 4 nitrogen and oxygen atoms in total. The van der Waals surface area contributed by atoms with Gasteiger partial charge in [0, 0.05) is 18.5 Å². The van der Waals surface area contributed by atoms with Crippen molar-refractivity contribution >= 4 is 0 Å². The number of aromatic nitrogens is 3. The highest BCUT2D eigenvalue weighted by Gasteiger charge is 2.20. The quantitative estimate of drug-likeness (QED) is 0.918. The summed E-state index contributed by atoms with van der Waals surface area (Å²) in [6, 6.07) is 10.6. The molecule has 4 heteroatoms. The lowest BCUT2D eigenvalue weighted by molar-refractivity contribution is 0.346. The Kier molecular flexibility index (Phi) is 4.47. The van der Waals surface area contributed by atoms with Crippen molar-refractivity contribution in [2.75, 3.05) is 6.54 Å². The summed E-state index contributed by atoms with van der Waals surface area (Å²) in [6.07, 6.45) is 2.02. The molecule has 0 saturated heterocycles. The predicted octanol–water partition coefficient (Wildman–Crippen LogP) is 3.10. The summed E-state index contributed by atoms with van der Waals surface area (Å²) < 4.78 is 1.91. The minimum atomic E-state index is -0.0193. The minimum absolute atomic E-state index is 0.0193. The fourth-order valence-corrected chi connectivity index (χ4v) is 2.20. The van der Waals surface area contributed by atoms with Gasteiger partial charge in [-0.25, -0.2) is 4.68 Å². The fourth-order valence-electron chi connectivity index (χ4n) is 2.20. The van der Waals surface area contributed by atoms with Crippen molar-refractivity contribution < 1.29 is 0 Å². The Labute approximate surface area is 127 Å². The molecule has 2 rings (SSSR count). The van der Waals surface area contributed by atoms with Gasteiger partial charge in [-0.2, -0.15) is 0 Å². The average molecular weight is 286 g/mol. The molecule has 0 aliphatic rings. The maximum absolute atomic E-state index is 4.23. The summed E-state index contributed by atoms with van der Waals surface area (Å²) in [4.78, 5) is 0. The van der Waals surface area contributed by atoms with Gasteiger partial charge in [0.25, 0.3) is 0 Å². The van der Waals surface area contributed by atoms with E-state index in [4.69, 9.17) is 0 Å². The van der Waals surface area contributed by atoms with E-state index < -0.39 is 0 Å². The number of hydrogen-bond donors (Lipinski definition) is 1. The van der Waals surface area contributed by atoms with E-state index in [2.05, 4.69) is 80.6 Å². The van der Waals surface area contributed by atoms with Crippen molar-refractivity contribution in [2.24, 2.45) is 0 Å². The molecule has 1 aromatic heterocycles. The van der Waals surface area contributed by atoms with E-state index >= 15 is 0 Å². The van der Waals surface area contributed by atoms with Crippen LogP contribution in [-0.4, -0.2) is 21.5 Å². The smallest absolute Gasteiger partial charge is 0.0965 e. The van der Waals surface area contributed by atoms with Crippen molar-refractivity contribution in [3.63, 3.8) is 0 Å². The van der Waals surface area contributed by atoms with Crippen LogP contribution in [0.1, 0.15) is 45.9 Å². The number of nitrogens with one attached hydrogen (secondary N) is 1.